The molecule has 3 atom stereocenters. The topological polar surface area (TPSA) is 52.3 Å². The van der Waals surface area contributed by atoms with Gasteiger partial charge in [0.1, 0.15) is 0 Å². The van der Waals surface area contributed by atoms with Crippen molar-refractivity contribution in [3.63, 3.8) is 0 Å². The fourth-order valence-electron chi connectivity index (χ4n) is 2.29. The molecular formula is C14H18F3NO2S. The molecule has 0 amide bonds. The number of ether oxygens (including phenoxy) is 1. The molecule has 0 aromatic heterocycles. The van der Waals surface area contributed by atoms with Crippen molar-refractivity contribution in [3.8, 4) is 0 Å². The van der Waals surface area contributed by atoms with E-state index in [1.165, 1.54) is 12.1 Å². The molecule has 21 heavy (non-hydrogen) atoms. The Morgan fingerprint density at radius 1 is 1.43 bits per heavy atom. The molecule has 3 nitrogen and oxygen atoms in total. The molecule has 0 bridgehead atoms. The second-order valence-corrected chi connectivity index (χ2v) is 6.68. The van der Waals surface area contributed by atoms with Crippen LogP contribution in [0.4, 0.5) is 13.2 Å². The van der Waals surface area contributed by atoms with Gasteiger partial charge in [-0.1, -0.05) is 12.1 Å². The quantitative estimate of drug-likeness (QED) is 0.907. The van der Waals surface area contributed by atoms with Crippen LogP contribution in [0.5, 0.6) is 0 Å². The van der Waals surface area contributed by atoms with Gasteiger partial charge in [0.2, 0.25) is 0 Å². The summed E-state index contributed by atoms with van der Waals surface area (Å²) in [5.41, 5.74) is 5.50. The van der Waals surface area contributed by atoms with Crippen molar-refractivity contribution >= 4 is 10.8 Å². The lowest BCUT2D eigenvalue weighted by Crippen LogP contribution is -2.24. The summed E-state index contributed by atoms with van der Waals surface area (Å²) in [6.07, 6.45) is -2.57. The molecule has 2 N–H and O–H groups in total. The van der Waals surface area contributed by atoms with E-state index < -0.39 is 28.6 Å². The second-order valence-electron chi connectivity index (χ2n) is 5.14. The molecule has 1 aliphatic heterocycles. The Morgan fingerprint density at radius 3 is 2.81 bits per heavy atom. The highest BCUT2D eigenvalue weighted by Gasteiger charge is 2.31. The van der Waals surface area contributed by atoms with Gasteiger partial charge < -0.3 is 10.5 Å². The van der Waals surface area contributed by atoms with Crippen LogP contribution in [-0.2, 0) is 21.7 Å². The summed E-state index contributed by atoms with van der Waals surface area (Å²) in [5, 5.41) is 0. The SMILES string of the molecule is NC(CS(=O)CC1CCCO1)c1cccc(C(F)(F)F)c1. The van der Waals surface area contributed by atoms with Crippen molar-refractivity contribution in [1.82, 2.24) is 0 Å². The first-order valence-electron chi connectivity index (χ1n) is 6.75. The van der Waals surface area contributed by atoms with Gasteiger partial charge in [0.15, 0.2) is 0 Å². The summed E-state index contributed by atoms with van der Waals surface area (Å²) in [6.45, 7) is 0.682. The smallest absolute Gasteiger partial charge is 0.377 e. The van der Waals surface area contributed by atoms with Crippen molar-refractivity contribution in [2.45, 2.75) is 31.2 Å². The Labute approximate surface area is 124 Å². The number of halogens is 3. The van der Waals surface area contributed by atoms with Gasteiger partial charge in [0, 0.05) is 35.0 Å². The van der Waals surface area contributed by atoms with Crippen LogP contribution in [0.1, 0.15) is 30.0 Å². The maximum atomic E-state index is 12.6. The molecule has 1 aliphatic rings. The highest BCUT2D eigenvalue weighted by molar-refractivity contribution is 7.85. The van der Waals surface area contributed by atoms with Crippen LogP contribution in [0.2, 0.25) is 0 Å². The first-order chi connectivity index (χ1) is 9.86. The molecule has 3 unspecified atom stereocenters. The lowest BCUT2D eigenvalue weighted by atomic mass is 10.1. The number of hydrogen-bond acceptors (Lipinski definition) is 3. The second kappa shape index (κ2) is 6.89. The van der Waals surface area contributed by atoms with Crippen LogP contribution >= 0.6 is 0 Å². The van der Waals surface area contributed by atoms with Crippen LogP contribution in [0.15, 0.2) is 24.3 Å². The van der Waals surface area contributed by atoms with E-state index in [2.05, 4.69) is 0 Å². The third-order valence-electron chi connectivity index (χ3n) is 3.40. The monoisotopic (exact) mass is 321 g/mol. The van der Waals surface area contributed by atoms with Crippen LogP contribution in [-0.4, -0.2) is 28.4 Å². The van der Waals surface area contributed by atoms with Gasteiger partial charge in [-0.05, 0) is 30.5 Å². The van der Waals surface area contributed by atoms with Gasteiger partial charge in [0.05, 0.1) is 11.7 Å². The Hall–Kier alpha value is -0.920. The van der Waals surface area contributed by atoms with E-state index in [0.717, 1.165) is 25.0 Å². The van der Waals surface area contributed by atoms with E-state index >= 15 is 0 Å². The molecule has 0 aliphatic carbocycles. The molecule has 0 spiro atoms. The summed E-state index contributed by atoms with van der Waals surface area (Å²) in [6, 6.07) is 4.20. The summed E-state index contributed by atoms with van der Waals surface area (Å²) in [4.78, 5) is 0. The predicted molar refractivity (Wildman–Crippen MR) is 75.2 cm³/mol. The molecule has 118 valence electrons. The summed E-state index contributed by atoms with van der Waals surface area (Å²) < 4.78 is 55.3. The molecular weight excluding hydrogens is 303 g/mol. The Bertz CT molecular complexity index is 501. The number of rotatable bonds is 5. The fraction of sp³-hybridized carbons (Fsp3) is 0.571. The van der Waals surface area contributed by atoms with Gasteiger partial charge >= 0.3 is 6.18 Å². The van der Waals surface area contributed by atoms with Gasteiger partial charge in [-0.3, -0.25) is 4.21 Å². The van der Waals surface area contributed by atoms with Gasteiger partial charge in [0.25, 0.3) is 0 Å². The van der Waals surface area contributed by atoms with E-state index in [-0.39, 0.29) is 11.9 Å². The van der Waals surface area contributed by atoms with Crippen molar-refractivity contribution in [1.29, 1.82) is 0 Å². The van der Waals surface area contributed by atoms with E-state index in [9.17, 15) is 17.4 Å². The zero-order valence-corrected chi connectivity index (χ0v) is 12.3. The molecule has 1 fully saturated rings. The molecule has 2 rings (SSSR count). The van der Waals surface area contributed by atoms with E-state index in [0.29, 0.717) is 17.9 Å². The largest absolute Gasteiger partial charge is 0.416 e. The van der Waals surface area contributed by atoms with E-state index in [1.807, 2.05) is 0 Å². The highest BCUT2D eigenvalue weighted by Crippen LogP contribution is 2.30. The maximum Gasteiger partial charge on any atom is 0.416 e. The fourth-order valence-corrected chi connectivity index (χ4v) is 3.70. The van der Waals surface area contributed by atoms with E-state index in [4.69, 9.17) is 10.5 Å². The summed E-state index contributed by atoms with van der Waals surface area (Å²) >= 11 is 0. The van der Waals surface area contributed by atoms with Gasteiger partial charge in [-0.25, -0.2) is 0 Å². The Balaban J connectivity index is 1.96. The molecule has 0 saturated carbocycles. The predicted octanol–water partition coefficient (Wildman–Crippen LogP) is 2.63. The standard InChI is InChI=1S/C14H18F3NO2S/c15-14(16,17)11-4-1-3-10(7-11)13(18)9-21(19)8-12-5-2-6-20-12/h1,3-4,7,12-13H,2,5-6,8-9,18H2. The van der Waals surface area contributed by atoms with Crippen LogP contribution in [0.3, 0.4) is 0 Å². The molecule has 1 aromatic carbocycles. The average Bonchev–Trinajstić information content (AvgIpc) is 2.90. The van der Waals surface area contributed by atoms with Crippen LogP contribution in [0.25, 0.3) is 0 Å². The van der Waals surface area contributed by atoms with Crippen molar-refractivity contribution in [2.75, 3.05) is 18.1 Å². The first kappa shape index (κ1) is 16.5. The molecule has 0 radical (unpaired) electrons. The lowest BCUT2D eigenvalue weighted by molar-refractivity contribution is -0.137. The normalized spacial score (nSPS) is 22.2. The van der Waals surface area contributed by atoms with Crippen LogP contribution < -0.4 is 5.73 Å². The molecule has 7 heteroatoms. The van der Waals surface area contributed by atoms with Crippen molar-refractivity contribution in [2.24, 2.45) is 5.73 Å². The zero-order chi connectivity index (χ0) is 15.5. The lowest BCUT2D eigenvalue weighted by Gasteiger charge is -2.15. The first-order valence-corrected chi connectivity index (χ1v) is 8.24. The third kappa shape index (κ3) is 4.79. The van der Waals surface area contributed by atoms with Gasteiger partial charge in [-0.15, -0.1) is 0 Å². The van der Waals surface area contributed by atoms with Crippen LogP contribution in [0, 0.1) is 0 Å². The Morgan fingerprint density at radius 2 is 2.19 bits per heavy atom. The zero-order valence-electron chi connectivity index (χ0n) is 11.4. The highest BCUT2D eigenvalue weighted by atomic mass is 32.2. The minimum Gasteiger partial charge on any atom is -0.377 e. The van der Waals surface area contributed by atoms with Crippen molar-refractivity contribution in [3.05, 3.63) is 35.4 Å². The number of alkyl halides is 3. The number of nitrogens with two attached hydrogens (primary N) is 1. The average molecular weight is 321 g/mol. The summed E-state index contributed by atoms with van der Waals surface area (Å²) in [5.74, 6) is 0.536. The molecule has 1 heterocycles. The summed E-state index contributed by atoms with van der Waals surface area (Å²) in [7, 11) is -1.20. The minimum absolute atomic E-state index is 0.0143. The third-order valence-corrected chi connectivity index (χ3v) is 4.88. The van der Waals surface area contributed by atoms with E-state index in [1.54, 1.807) is 0 Å². The number of benzene rings is 1. The maximum absolute atomic E-state index is 12.6. The number of hydrogen-bond donors (Lipinski definition) is 1. The minimum atomic E-state index is -4.40. The molecule has 1 aromatic rings. The molecule has 1 saturated heterocycles. The van der Waals surface area contributed by atoms with Gasteiger partial charge in [-0.2, -0.15) is 13.2 Å². The van der Waals surface area contributed by atoms with Crippen molar-refractivity contribution < 1.29 is 22.1 Å². The Kier molecular flexibility index (Phi) is 5.40.